The van der Waals surface area contributed by atoms with Crippen molar-refractivity contribution in [3.63, 3.8) is 0 Å². The number of hydrogen-bond donors (Lipinski definition) is 2. The van der Waals surface area contributed by atoms with Crippen molar-refractivity contribution in [2.45, 2.75) is 12.8 Å². The van der Waals surface area contributed by atoms with Gasteiger partial charge in [0.25, 0.3) is 0 Å². The summed E-state index contributed by atoms with van der Waals surface area (Å²) in [6, 6.07) is 8.53. The molecule has 25 heavy (non-hydrogen) atoms. The van der Waals surface area contributed by atoms with Crippen molar-refractivity contribution < 1.29 is 18.0 Å². The summed E-state index contributed by atoms with van der Waals surface area (Å²) in [5.41, 5.74) is 1.05. The molecule has 0 radical (unpaired) electrons. The normalized spacial score (nSPS) is 16.8. The summed E-state index contributed by atoms with van der Waals surface area (Å²) in [7, 11) is 0. The summed E-state index contributed by atoms with van der Waals surface area (Å²) in [5, 5.41) is 5.98. The van der Waals surface area contributed by atoms with Crippen molar-refractivity contribution in [2.75, 3.05) is 18.4 Å². The van der Waals surface area contributed by atoms with Gasteiger partial charge in [-0.2, -0.15) is 0 Å². The molecule has 1 unspecified atom stereocenters. The van der Waals surface area contributed by atoms with E-state index in [4.69, 9.17) is 0 Å². The monoisotopic (exact) mass is 370 g/mol. The van der Waals surface area contributed by atoms with Crippen LogP contribution < -0.4 is 10.6 Å². The molecular weight excluding hydrogens is 353 g/mol. The fraction of sp³-hybridized carbons (Fsp3) is 0.278. The van der Waals surface area contributed by atoms with Crippen LogP contribution in [0.4, 0.5) is 18.9 Å². The molecule has 0 saturated carbocycles. The minimum Gasteiger partial charge on any atom is -0.325 e. The number of benzene rings is 2. The van der Waals surface area contributed by atoms with Gasteiger partial charge in [0.1, 0.15) is 0 Å². The van der Waals surface area contributed by atoms with Crippen LogP contribution in [0.2, 0.25) is 0 Å². The van der Waals surface area contributed by atoms with Gasteiger partial charge in [-0.25, -0.2) is 13.2 Å². The zero-order valence-corrected chi connectivity index (χ0v) is 14.1. The molecule has 1 aliphatic rings. The van der Waals surface area contributed by atoms with Crippen LogP contribution in [0.25, 0.3) is 11.1 Å². The lowest BCUT2D eigenvalue weighted by atomic mass is 9.98. The molecule has 7 heteroatoms. The minimum atomic E-state index is -1.51. The van der Waals surface area contributed by atoms with Crippen LogP contribution in [0.15, 0.2) is 36.4 Å². The van der Waals surface area contributed by atoms with Crippen molar-refractivity contribution in [2.24, 2.45) is 5.92 Å². The van der Waals surface area contributed by atoms with E-state index in [1.807, 2.05) is 0 Å². The minimum absolute atomic E-state index is 0. The van der Waals surface area contributed by atoms with Crippen LogP contribution in [0.3, 0.4) is 0 Å². The fourth-order valence-electron chi connectivity index (χ4n) is 2.87. The lowest BCUT2D eigenvalue weighted by Crippen LogP contribution is -2.37. The summed E-state index contributed by atoms with van der Waals surface area (Å²) in [5.74, 6) is -4.31. The zero-order chi connectivity index (χ0) is 17.1. The van der Waals surface area contributed by atoms with E-state index in [2.05, 4.69) is 10.6 Å². The molecule has 2 aromatic carbocycles. The molecule has 1 heterocycles. The van der Waals surface area contributed by atoms with E-state index in [1.54, 1.807) is 24.3 Å². The number of carbonyl (C=O) groups is 1. The van der Waals surface area contributed by atoms with Crippen molar-refractivity contribution in [1.29, 1.82) is 0 Å². The summed E-state index contributed by atoms with van der Waals surface area (Å²) < 4.78 is 40.2. The van der Waals surface area contributed by atoms with Gasteiger partial charge in [-0.05, 0) is 43.1 Å². The van der Waals surface area contributed by atoms with E-state index >= 15 is 0 Å². The van der Waals surface area contributed by atoms with E-state index in [0.717, 1.165) is 31.5 Å². The van der Waals surface area contributed by atoms with E-state index in [0.29, 0.717) is 17.8 Å². The SMILES string of the molecule is Cl.O=C(Nc1ccccc1-c1cc(F)c(F)c(F)c1)C1CCCNC1. The Balaban J connectivity index is 0.00000225. The number of carbonyl (C=O) groups excluding carboxylic acids is 1. The first-order valence-corrected chi connectivity index (χ1v) is 7.82. The van der Waals surface area contributed by atoms with Crippen LogP contribution >= 0.6 is 12.4 Å². The van der Waals surface area contributed by atoms with Gasteiger partial charge >= 0.3 is 0 Å². The van der Waals surface area contributed by atoms with Gasteiger partial charge in [-0.15, -0.1) is 12.4 Å². The standard InChI is InChI=1S/C18H17F3N2O.ClH/c19-14-8-12(9-15(20)17(14)21)13-5-1-2-6-16(13)23-18(24)11-4-3-7-22-10-11;/h1-2,5-6,8-9,11,22H,3-4,7,10H2,(H,23,24);1H. The quantitative estimate of drug-likeness (QED) is 0.798. The third-order valence-electron chi connectivity index (χ3n) is 4.15. The van der Waals surface area contributed by atoms with Gasteiger partial charge in [0.15, 0.2) is 17.5 Å². The third-order valence-corrected chi connectivity index (χ3v) is 4.15. The first-order valence-electron chi connectivity index (χ1n) is 7.82. The van der Waals surface area contributed by atoms with Crippen LogP contribution in [0.5, 0.6) is 0 Å². The molecule has 1 aliphatic heterocycles. The molecule has 1 atom stereocenters. The number of nitrogens with one attached hydrogen (secondary N) is 2. The van der Waals surface area contributed by atoms with Crippen LogP contribution in [0, 0.1) is 23.4 Å². The molecule has 0 aromatic heterocycles. The second-order valence-electron chi connectivity index (χ2n) is 5.83. The maximum atomic E-state index is 13.5. The molecule has 3 nitrogen and oxygen atoms in total. The third kappa shape index (κ3) is 4.32. The fourth-order valence-corrected chi connectivity index (χ4v) is 2.87. The Morgan fingerprint density at radius 2 is 1.80 bits per heavy atom. The van der Waals surface area contributed by atoms with Gasteiger partial charge in [-0.3, -0.25) is 4.79 Å². The average molecular weight is 371 g/mol. The maximum absolute atomic E-state index is 13.5. The first-order chi connectivity index (χ1) is 11.6. The van der Waals surface area contributed by atoms with Gasteiger partial charge in [0.2, 0.25) is 5.91 Å². The van der Waals surface area contributed by atoms with Crippen molar-refractivity contribution in [3.05, 3.63) is 53.8 Å². The van der Waals surface area contributed by atoms with Gasteiger partial charge in [0.05, 0.1) is 5.92 Å². The smallest absolute Gasteiger partial charge is 0.228 e. The summed E-state index contributed by atoms with van der Waals surface area (Å²) in [4.78, 5) is 12.4. The molecule has 0 aliphatic carbocycles. The van der Waals surface area contributed by atoms with Crippen LogP contribution in [-0.2, 0) is 4.79 Å². The highest BCUT2D eigenvalue weighted by molar-refractivity contribution is 5.97. The lowest BCUT2D eigenvalue weighted by Gasteiger charge is -2.22. The molecule has 1 saturated heterocycles. The predicted octanol–water partition coefficient (Wildman–Crippen LogP) is 4.13. The summed E-state index contributed by atoms with van der Waals surface area (Å²) in [6.45, 7) is 1.50. The number of anilines is 1. The Labute approximate surface area is 150 Å². The van der Waals surface area contributed by atoms with Crippen molar-refractivity contribution in [3.8, 4) is 11.1 Å². The Bertz CT molecular complexity index is 741. The zero-order valence-electron chi connectivity index (χ0n) is 13.3. The van der Waals surface area contributed by atoms with Gasteiger partial charge in [0, 0.05) is 17.8 Å². The van der Waals surface area contributed by atoms with Gasteiger partial charge in [-0.1, -0.05) is 18.2 Å². The molecular formula is C18H18ClF3N2O. The molecule has 1 fully saturated rings. The Morgan fingerprint density at radius 1 is 1.12 bits per heavy atom. The first kappa shape index (κ1) is 19.3. The molecule has 1 amide bonds. The van der Waals surface area contributed by atoms with E-state index in [1.165, 1.54) is 0 Å². The second kappa shape index (κ2) is 8.36. The number of rotatable bonds is 3. The summed E-state index contributed by atoms with van der Waals surface area (Å²) >= 11 is 0. The van der Waals surface area contributed by atoms with E-state index < -0.39 is 17.5 Å². The van der Waals surface area contributed by atoms with E-state index in [-0.39, 0.29) is 29.8 Å². The van der Waals surface area contributed by atoms with Crippen LogP contribution in [0.1, 0.15) is 12.8 Å². The lowest BCUT2D eigenvalue weighted by molar-refractivity contribution is -0.120. The summed E-state index contributed by atoms with van der Waals surface area (Å²) in [6.07, 6.45) is 1.72. The molecule has 0 spiro atoms. The number of amides is 1. The Kier molecular flexibility index (Phi) is 6.45. The van der Waals surface area contributed by atoms with Crippen molar-refractivity contribution >= 4 is 24.0 Å². The molecule has 3 rings (SSSR count). The number of para-hydroxylation sites is 1. The van der Waals surface area contributed by atoms with E-state index in [9.17, 15) is 18.0 Å². The maximum Gasteiger partial charge on any atom is 0.228 e. The largest absolute Gasteiger partial charge is 0.325 e. The Hall–Kier alpha value is -2.05. The number of hydrogen-bond acceptors (Lipinski definition) is 2. The predicted molar refractivity (Wildman–Crippen MR) is 93.2 cm³/mol. The van der Waals surface area contributed by atoms with Gasteiger partial charge < -0.3 is 10.6 Å². The number of piperidine rings is 1. The topological polar surface area (TPSA) is 41.1 Å². The van der Waals surface area contributed by atoms with Crippen LogP contribution in [-0.4, -0.2) is 19.0 Å². The molecule has 2 N–H and O–H groups in total. The second-order valence-corrected chi connectivity index (χ2v) is 5.83. The highest BCUT2D eigenvalue weighted by atomic mass is 35.5. The van der Waals surface area contributed by atoms with Crippen molar-refractivity contribution in [1.82, 2.24) is 5.32 Å². The highest BCUT2D eigenvalue weighted by Gasteiger charge is 2.22. The molecule has 0 bridgehead atoms. The molecule has 134 valence electrons. The average Bonchev–Trinajstić information content (AvgIpc) is 2.60. The molecule has 2 aromatic rings. The number of halogens is 4. The highest BCUT2D eigenvalue weighted by Crippen LogP contribution is 2.30. The Morgan fingerprint density at radius 3 is 2.44 bits per heavy atom.